The highest BCUT2D eigenvalue weighted by atomic mass is 19.1. The molecule has 1 aromatic rings. The summed E-state index contributed by atoms with van der Waals surface area (Å²) in [7, 11) is 0. The molecule has 0 aliphatic carbocycles. The monoisotopic (exact) mass is 241 g/mol. The number of hydrogen-bond donors (Lipinski definition) is 2. The van der Waals surface area contributed by atoms with E-state index in [0.717, 1.165) is 6.07 Å². The predicted molar refractivity (Wildman–Crippen MR) is 57.2 cm³/mol. The third-order valence-electron chi connectivity index (χ3n) is 2.16. The Bertz CT molecular complexity index is 447. The molecule has 0 spiro atoms. The largest absolute Gasteiger partial charge is 0.489 e. The van der Waals surface area contributed by atoms with Crippen molar-refractivity contribution in [2.24, 2.45) is 11.7 Å². The Morgan fingerprint density at radius 3 is 2.71 bits per heavy atom. The van der Waals surface area contributed by atoms with Gasteiger partial charge in [-0.15, -0.1) is 0 Å². The Labute approximate surface area is 97.0 Å². The summed E-state index contributed by atoms with van der Waals surface area (Å²) in [5.74, 6) is -3.70. The van der Waals surface area contributed by atoms with Crippen molar-refractivity contribution >= 4 is 11.9 Å². The van der Waals surface area contributed by atoms with Gasteiger partial charge in [-0.25, -0.2) is 9.18 Å². The molecule has 0 bridgehead atoms. The number of aromatic carboxylic acids is 1. The van der Waals surface area contributed by atoms with Gasteiger partial charge in [0.25, 0.3) is 0 Å². The number of carboxylic acids is 1. The second kappa shape index (κ2) is 5.29. The van der Waals surface area contributed by atoms with Crippen molar-refractivity contribution in [3.05, 3.63) is 29.6 Å². The van der Waals surface area contributed by atoms with Gasteiger partial charge in [-0.05, 0) is 12.1 Å². The topological polar surface area (TPSA) is 89.6 Å². The zero-order chi connectivity index (χ0) is 13.0. The molecule has 0 fully saturated rings. The smallest absolute Gasteiger partial charge is 0.339 e. The Balaban J connectivity index is 2.90. The van der Waals surface area contributed by atoms with Crippen molar-refractivity contribution < 1.29 is 23.8 Å². The van der Waals surface area contributed by atoms with E-state index < -0.39 is 23.6 Å². The number of rotatable bonds is 5. The molecule has 17 heavy (non-hydrogen) atoms. The summed E-state index contributed by atoms with van der Waals surface area (Å²) in [6, 6.07) is 3.57. The summed E-state index contributed by atoms with van der Waals surface area (Å²) in [5.41, 5.74) is 4.72. The maximum atomic E-state index is 13.4. The molecule has 1 unspecified atom stereocenters. The van der Waals surface area contributed by atoms with E-state index in [0.29, 0.717) is 0 Å². The van der Waals surface area contributed by atoms with E-state index in [2.05, 4.69) is 0 Å². The Kier molecular flexibility index (Phi) is 4.03. The van der Waals surface area contributed by atoms with Crippen LogP contribution >= 0.6 is 0 Å². The summed E-state index contributed by atoms with van der Waals surface area (Å²) in [5, 5.41) is 8.83. The highest BCUT2D eigenvalue weighted by Gasteiger charge is 2.17. The average molecular weight is 241 g/mol. The maximum Gasteiger partial charge on any atom is 0.339 e. The number of carbonyl (C=O) groups excluding carboxylic acids is 1. The fourth-order valence-electron chi connectivity index (χ4n) is 1.11. The number of nitrogens with two attached hydrogens (primary N) is 1. The number of para-hydroxylation sites is 1. The standard InChI is InChI=1S/C11H12FNO4/c1-6(10(13)14)5-17-9-7(11(15)16)3-2-4-8(9)12/h2-4,6H,5H2,1H3,(H2,13,14)(H,15,16). The van der Waals surface area contributed by atoms with E-state index in [1.807, 2.05) is 0 Å². The molecule has 0 saturated heterocycles. The van der Waals surface area contributed by atoms with Gasteiger partial charge in [0.05, 0.1) is 12.5 Å². The van der Waals surface area contributed by atoms with Crippen LogP contribution in [0.5, 0.6) is 5.75 Å². The lowest BCUT2D eigenvalue weighted by molar-refractivity contribution is -0.122. The minimum absolute atomic E-state index is 0.170. The molecule has 1 atom stereocenters. The molecule has 1 rings (SSSR count). The molecule has 0 aliphatic heterocycles. The number of carbonyl (C=O) groups is 2. The molecule has 0 aromatic heterocycles. The number of hydrogen-bond acceptors (Lipinski definition) is 3. The van der Waals surface area contributed by atoms with Gasteiger partial charge in [0, 0.05) is 0 Å². The van der Waals surface area contributed by atoms with E-state index in [9.17, 15) is 14.0 Å². The molecule has 1 aromatic carbocycles. The minimum atomic E-state index is -1.30. The van der Waals surface area contributed by atoms with Crippen LogP contribution in [-0.4, -0.2) is 23.6 Å². The lowest BCUT2D eigenvalue weighted by Gasteiger charge is -2.12. The van der Waals surface area contributed by atoms with Crippen molar-refractivity contribution in [1.82, 2.24) is 0 Å². The number of ether oxygens (including phenoxy) is 1. The van der Waals surface area contributed by atoms with Crippen LogP contribution in [0.2, 0.25) is 0 Å². The molecule has 1 amide bonds. The van der Waals surface area contributed by atoms with Crippen LogP contribution in [0.1, 0.15) is 17.3 Å². The Morgan fingerprint density at radius 1 is 1.53 bits per heavy atom. The molecule has 5 nitrogen and oxygen atoms in total. The van der Waals surface area contributed by atoms with E-state index in [1.54, 1.807) is 0 Å². The third kappa shape index (κ3) is 3.17. The van der Waals surface area contributed by atoms with Gasteiger partial charge >= 0.3 is 5.97 Å². The second-order valence-electron chi connectivity index (χ2n) is 3.54. The van der Waals surface area contributed by atoms with Crippen molar-refractivity contribution in [2.45, 2.75) is 6.92 Å². The van der Waals surface area contributed by atoms with Crippen LogP contribution in [0.3, 0.4) is 0 Å². The van der Waals surface area contributed by atoms with Crippen LogP contribution in [0.15, 0.2) is 18.2 Å². The van der Waals surface area contributed by atoms with Crippen molar-refractivity contribution in [3.63, 3.8) is 0 Å². The summed E-state index contributed by atoms with van der Waals surface area (Å²) < 4.78 is 18.4. The summed E-state index contributed by atoms with van der Waals surface area (Å²) in [6.45, 7) is 1.33. The van der Waals surface area contributed by atoms with Crippen molar-refractivity contribution in [2.75, 3.05) is 6.61 Å². The lowest BCUT2D eigenvalue weighted by Crippen LogP contribution is -2.26. The summed E-state index contributed by atoms with van der Waals surface area (Å²) in [4.78, 5) is 21.6. The molecule has 0 saturated carbocycles. The molecule has 6 heteroatoms. The Hall–Kier alpha value is -2.11. The van der Waals surface area contributed by atoms with Crippen molar-refractivity contribution in [3.8, 4) is 5.75 Å². The third-order valence-corrected chi connectivity index (χ3v) is 2.16. The number of halogens is 1. The fraction of sp³-hybridized carbons (Fsp3) is 0.273. The maximum absolute atomic E-state index is 13.4. The first-order chi connectivity index (χ1) is 7.93. The van der Waals surface area contributed by atoms with E-state index >= 15 is 0 Å². The molecular weight excluding hydrogens is 229 g/mol. The van der Waals surface area contributed by atoms with Gasteiger partial charge in [0.1, 0.15) is 5.56 Å². The predicted octanol–water partition coefficient (Wildman–Crippen LogP) is 1.02. The summed E-state index contributed by atoms with van der Waals surface area (Å²) in [6.07, 6.45) is 0. The van der Waals surface area contributed by atoms with Gasteiger partial charge in [-0.3, -0.25) is 4.79 Å². The van der Waals surface area contributed by atoms with Gasteiger partial charge < -0.3 is 15.6 Å². The first kappa shape index (κ1) is 13.0. The SMILES string of the molecule is CC(COc1c(F)cccc1C(=O)O)C(N)=O. The van der Waals surface area contributed by atoms with Crippen LogP contribution in [0.25, 0.3) is 0 Å². The number of benzene rings is 1. The van der Waals surface area contributed by atoms with Crippen LogP contribution in [0, 0.1) is 11.7 Å². The van der Waals surface area contributed by atoms with Gasteiger partial charge in [0.15, 0.2) is 11.6 Å². The number of primary amides is 1. The highest BCUT2D eigenvalue weighted by Crippen LogP contribution is 2.23. The molecular formula is C11H12FNO4. The van der Waals surface area contributed by atoms with Crippen LogP contribution < -0.4 is 10.5 Å². The zero-order valence-corrected chi connectivity index (χ0v) is 9.14. The number of carboxylic acid groups (broad SMARTS) is 1. The van der Waals surface area contributed by atoms with Gasteiger partial charge in [-0.2, -0.15) is 0 Å². The summed E-state index contributed by atoms with van der Waals surface area (Å²) >= 11 is 0. The van der Waals surface area contributed by atoms with E-state index in [4.69, 9.17) is 15.6 Å². The quantitative estimate of drug-likeness (QED) is 0.805. The van der Waals surface area contributed by atoms with Crippen LogP contribution in [0.4, 0.5) is 4.39 Å². The van der Waals surface area contributed by atoms with Gasteiger partial charge in [0.2, 0.25) is 5.91 Å². The number of amides is 1. The Morgan fingerprint density at radius 2 is 2.18 bits per heavy atom. The minimum Gasteiger partial charge on any atom is -0.489 e. The fourth-order valence-corrected chi connectivity index (χ4v) is 1.11. The van der Waals surface area contributed by atoms with E-state index in [1.165, 1.54) is 19.1 Å². The molecule has 0 radical (unpaired) electrons. The average Bonchev–Trinajstić information content (AvgIpc) is 2.26. The normalized spacial score (nSPS) is 11.9. The lowest BCUT2D eigenvalue weighted by atomic mass is 10.1. The zero-order valence-electron chi connectivity index (χ0n) is 9.14. The van der Waals surface area contributed by atoms with Crippen molar-refractivity contribution in [1.29, 1.82) is 0 Å². The second-order valence-corrected chi connectivity index (χ2v) is 3.54. The van der Waals surface area contributed by atoms with E-state index in [-0.39, 0.29) is 17.9 Å². The highest BCUT2D eigenvalue weighted by molar-refractivity contribution is 5.90. The molecule has 92 valence electrons. The molecule has 3 N–H and O–H groups in total. The first-order valence-electron chi connectivity index (χ1n) is 4.87. The van der Waals surface area contributed by atoms with Gasteiger partial charge in [-0.1, -0.05) is 13.0 Å². The molecule has 0 aliphatic rings. The molecule has 0 heterocycles. The first-order valence-corrected chi connectivity index (χ1v) is 4.87. The van der Waals surface area contributed by atoms with Crippen LogP contribution in [-0.2, 0) is 4.79 Å².